The number of ether oxygens (including phenoxy) is 1. The summed E-state index contributed by atoms with van der Waals surface area (Å²) in [6.07, 6.45) is 1.28. The van der Waals surface area contributed by atoms with Gasteiger partial charge in [-0.1, -0.05) is 12.1 Å². The number of halogens is 1. The first-order valence-corrected chi connectivity index (χ1v) is 10.4. The van der Waals surface area contributed by atoms with E-state index in [1.54, 1.807) is 0 Å². The van der Waals surface area contributed by atoms with Crippen LogP contribution in [-0.2, 0) is 0 Å². The summed E-state index contributed by atoms with van der Waals surface area (Å²) in [5.41, 5.74) is 8.10. The van der Waals surface area contributed by atoms with Crippen LogP contribution in [0.2, 0.25) is 0 Å². The fraction of sp³-hybridized carbons (Fsp3) is 0.316. The van der Waals surface area contributed by atoms with Gasteiger partial charge in [-0.3, -0.25) is 4.79 Å². The Bertz CT molecular complexity index is 690. The van der Waals surface area contributed by atoms with Crippen LogP contribution in [0.1, 0.15) is 26.9 Å². The van der Waals surface area contributed by atoms with Crippen molar-refractivity contribution in [1.82, 2.24) is 0 Å². The molecule has 0 saturated carbocycles. The van der Waals surface area contributed by atoms with Crippen LogP contribution < -0.4 is 15.8 Å². The van der Waals surface area contributed by atoms with E-state index in [9.17, 15) is 4.79 Å². The Balaban J connectivity index is 0.00000243. The normalized spacial score (nSPS) is 14.3. The molecule has 26 heavy (non-hydrogen) atoms. The fourth-order valence-corrected chi connectivity index (χ4v) is 5.38. The first kappa shape index (κ1) is 21.0. The van der Waals surface area contributed by atoms with E-state index >= 15 is 0 Å². The number of thioether (sulfide) groups is 2. The number of carbonyl (C=O) groups is 1. The number of benzene rings is 2. The van der Waals surface area contributed by atoms with Gasteiger partial charge in [0.05, 0.1) is 4.58 Å². The quantitative estimate of drug-likeness (QED) is 0.730. The van der Waals surface area contributed by atoms with Gasteiger partial charge in [0.2, 0.25) is 0 Å². The van der Waals surface area contributed by atoms with Crippen molar-refractivity contribution in [1.29, 1.82) is 0 Å². The van der Waals surface area contributed by atoms with Crippen LogP contribution in [0.25, 0.3) is 0 Å². The largest absolute Gasteiger partial charge is 0.492 e. The van der Waals surface area contributed by atoms with E-state index in [0.717, 1.165) is 11.4 Å². The molecule has 1 heterocycles. The van der Waals surface area contributed by atoms with Gasteiger partial charge in [-0.05, 0) is 59.9 Å². The predicted molar refractivity (Wildman–Crippen MR) is 115 cm³/mol. The highest BCUT2D eigenvalue weighted by atomic mass is 35.5. The average molecular weight is 411 g/mol. The van der Waals surface area contributed by atoms with Gasteiger partial charge in [0, 0.05) is 17.8 Å². The standard InChI is InChI=1S/C19H22N2O2S2.ClH/c20-10-11-23-17-8-6-16(7-9-17)21-18(22)14-2-4-15(5-3-14)19-24-12-1-13-25-19;/h2-9,19H,1,10-13,20H2,(H,21,22);1H. The van der Waals surface area contributed by atoms with Gasteiger partial charge < -0.3 is 15.8 Å². The van der Waals surface area contributed by atoms with E-state index in [1.807, 2.05) is 59.9 Å². The van der Waals surface area contributed by atoms with E-state index < -0.39 is 0 Å². The first-order chi connectivity index (χ1) is 12.3. The lowest BCUT2D eigenvalue weighted by molar-refractivity contribution is 0.102. The van der Waals surface area contributed by atoms with Gasteiger partial charge in [-0.2, -0.15) is 0 Å². The summed E-state index contributed by atoms with van der Waals surface area (Å²) in [7, 11) is 0. The molecular formula is C19H23ClN2O2S2. The lowest BCUT2D eigenvalue weighted by Gasteiger charge is -2.21. The smallest absolute Gasteiger partial charge is 0.255 e. The van der Waals surface area contributed by atoms with Crippen LogP contribution in [0.5, 0.6) is 5.75 Å². The number of carbonyl (C=O) groups excluding carboxylic acids is 1. The minimum Gasteiger partial charge on any atom is -0.492 e. The Morgan fingerprint density at radius 3 is 2.35 bits per heavy atom. The van der Waals surface area contributed by atoms with E-state index in [4.69, 9.17) is 10.5 Å². The molecule has 7 heteroatoms. The Morgan fingerprint density at radius 1 is 1.08 bits per heavy atom. The molecule has 0 bridgehead atoms. The molecule has 2 aromatic carbocycles. The number of rotatable bonds is 6. The van der Waals surface area contributed by atoms with E-state index in [0.29, 0.717) is 23.3 Å². The molecule has 3 N–H and O–H groups in total. The number of hydrogen-bond donors (Lipinski definition) is 2. The van der Waals surface area contributed by atoms with Gasteiger partial charge in [-0.25, -0.2) is 0 Å². The zero-order valence-electron chi connectivity index (χ0n) is 14.4. The lowest BCUT2D eigenvalue weighted by atomic mass is 10.1. The van der Waals surface area contributed by atoms with Crippen molar-refractivity contribution in [2.75, 3.05) is 30.0 Å². The van der Waals surface area contributed by atoms with Crippen LogP contribution in [-0.4, -0.2) is 30.6 Å². The van der Waals surface area contributed by atoms with Crippen molar-refractivity contribution in [3.8, 4) is 5.75 Å². The van der Waals surface area contributed by atoms with Crippen molar-refractivity contribution in [3.05, 3.63) is 59.7 Å². The second-order valence-corrected chi connectivity index (χ2v) is 8.39. The molecule has 140 valence electrons. The maximum atomic E-state index is 12.4. The van der Waals surface area contributed by atoms with Gasteiger partial charge >= 0.3 is 0 Å². The van der Waals surface area contributed by atoms with Crippen LogP contribution in [0.15, 0.2) is 48.5 Å². The molecule has 1 saturated heterocycles. The van der Waals surface area contributed by atoms with Crippen LogP contribution in [0.4, 0.5) is 5.69 Å². The molecule has 0 radical (unpaired) electrons. The summed E-state index contributed by atoms with van der Waals surface area (Å²) in [4.78, 5) is 12.4. The Morgan fingerprint density at radius 2 is 1.73 bits per heavy atom. The highest BCUT2D eigenvalue weighted by Crippen LogP contribution is 2.43. The van der Waals surface area contributed by atoms with Crippen molar-refractivity contribution in [2.45, 2.75) is 11.0 Å². The Kier molecular flexibility index (Phi) is 8.65. The molecular weight excluding hydrogens is 388 g/mol. The van der Waals surface area contributed by atoms with Crippen molar-refractivity contribution in [3.63, 3.8) is 0 Å². The predicted octanol–water partition coefficient (Wildman–Crippen LogP) is 4.57. The molecule has 0 unspecified atom stereocenters. The zero-order valence-corrected chi connectivity index (χ0v) is 16.8. The lowest BCUT2D eigenvalue weighted by Crippen LogP contribution is -2.12. The summed E-state index contributed by atoms with van der Waals surface area (Å²) < 4.78 is 5.92. The van der Waals surface area contributed by atoms with Gasteiger partial charge in [0.25, 0.3) is 5.91 Å². The molecule has 3 rings (SSSR count). The number of nitrogens with one attached hydrogen (secondary N) is 1. The van der Waals surface area contributed by atoms with E-state index in [-0.39, 0.29) is 18.3 Å². The van der Waals surface area contributed by atoms with Crippen molar-refractivity contribution < 1.29 is 9.53 Å². The molecule has 0 aromatic heterocycles. The van der Waals surface area contributed by atoms with Crippen molar-refractivity contribution in [2.24, 2.45) is 5.73 Å². The summed E-state index contributed by atoms with van der Waals surface area (Å²) in [5.74, 6) is 3.07. The maximum absolute atomic E-state index is 12.4. The van der Waals surface area contributed by atoms with Crippen LogP contribution >= 0.6 is 35.9 Å². The van der Waals surface area contributed by atoms with Crippen LogP contribution in [0, 0.1) is 0 Å². The second-order valence-electron chi connectivity index (χ2n) is 5.66. The Labute approximate surface area is 169 Å². The molecule has 0 atom stereocenters. The average Bonchev–Trinajstić information content (AvgIpc) is 2.68. The third kappa shape index (κ3) is 5.84. The molecule has 0 spiro atoms. The third-order valence-electron chi connectivity index (χ3n) is 3.77. The molecule has 4 nitrogen and oxygen atoms in total. The highest BCUT2D eigenvalue weighted by molar-refractivity contribution is 8.16. The first-order valence-electron chi connectivity index (χ1n) is 8.34. The highest BCUT2D eigenvalue weighted by Gasteiger charge is 2.17. The summed E-state index contributed by atoms with van der Waals surface area (Å²) in [6, 6.07) is 15.2. The molecule has 2 aromatic rings. The van der Waals surface area contributed by atoms with Crippen molar-refractivity contribution >= 4 is 47.5 Å². The SMILES string of the molecule is Cl.NCCOc1ccc(NC(=O)c2ccc(C3SCCCS3)cc2)cc1. The Hall–Kier alpha value is -1.34. The molecule has 1 aliphatic rings. The van der Waals surface area contributed by atoms with E-state index in [1.165, 1.54) is 23.5 Å². The number of hydrogen-bond acceptors (Lipinski definition) is 5. The molecule has 0 aliphatic carbocycles. The maximum Gasteiger partial charge on any atom is 0.255 e. The summed E-state index contributed by atoms with van der Waals surface area (Å²) >= 11 is 3.97. The van der Waals surface area contributed by atoms with Gasteiger partial charge in [0.1, 0.15) is 12.4 Å². The van der Waals surface area contributed by atoms with Gasteiger partial charge in [-0.15, -0.1) is 35.9 Å². The third-order valence-corrected chi connectivity index (χ3v) is 6.79. The van der Waals surface area contributed by atoms with E-state index in [2.05, 4.69) is 17.4 Å². The van der Waals surface area contributed by atoms with Gasteiger partial charge in [0.15, 0.2) is 0 Å². The number of nitrogens with two attached hydrogens (primary N) is 1. The number of anilines is 1. The fourth-order valence-electron chi connectivity index (χ4n) is 2.49. The molecule has 1 fully saturated rings. The minimum atomic E-state index is -0.105. The second kappa shape index (κ2) is 10.7. The summed E-state index contributed by atoms with van der Waals surface area (Å²) in [5, 5.41) is 2.91. The monoisotopic (exact) mass is 410 g/mol. The topological polar surface area (TPSA) is 64.3 Å². The minimum absolute atomic E-state index is 0. The van der Waals surface area contributed by atoms with Crippen LogP contribution in [0.3, 0.4) is 0 Å². The molecule has 1 amide bonds. The zero-order chi connectivity index (χ0) is 17.5. The summed E-state index contributed by atoms with van der Waals surface area (Å²) in [6.45, 7) is 0.960. The number of amides is 1. The molecule has 1 aliphatic heterocycles.